The quantitative estimate of drug-likeness (QED) is 0.884. The van der Waals surface area contributed by atoms with Crippen LogP contribution in [0.2, 0.25) is 0 Å². The highest BCUT2D eigenvalue weighted by Crippen LogP contribution is 2.24. The number of carboxylic acids is 1. The van der Waals surface area contributed by atoms with Crippen LogP contribution >= 0.6 is 0 Å². The second-order valence-electron chi connectivity index (χ2n) is 4.76. The highest BCUT2D eigenvalue weighted by molar-refractivity contribution is 5.72. The van der Waals surface area contributed by atoms with E-state index in [4.69, 9.17) is 14.6 Å². The topological polar surface area (TPSA) is 55.8 Å². The van der Waals surface area contributed by atoms with Crippen molar-refractivity contribution in [2.75, 3.05) is 7.11 Å². The molecule has 4 nitrogen and oxygen atoms in total. The van der Waals surface area contributed by atoms with E-state index in [1.54, 1.807) is 19.2 Å². The van der Waals surface area contributed by atoms with Gasteiger partial charge in [-0.1, -0.05) is 30.3 Å². The zero-order valence-electron chi connectivity index (χ0n) is 12.1. The van der Waals surface area contributed by atoms with Gasteiger partial charge in [0.25, 0.3) is 0 Å². The molecule has 0 saturated carbocycles. The lowest BCUT2D eigenvalue weighted by atomic mass is 10.0. The number of aliphatic carboxylic acids is 1. The molecule has 0 radical (unpaired) electrons. The molecule has 0 heterocycles. The van der Waals surface area contributed by atoms with Gasteiger partial charge in [0.05, 0.1) is 6.61 Å². The molecule has 2 aromatic carbocycles. The summed E-state index contributed by atoms with van der Waals surface area (Å²) in [6.45, 7) is 2.08. The molecule has 0 aliphatic heterocycles. The Hall–Kier alpha value is -2.33. The number of hydrogen-bond acceptors (Lipinski definition) is 3. The zero-order valence-corrected chi connectivity index (χ0v) is 12.1. The molecule has 0 saturated heterocycles. The lowest BCUT2D eigenvalue weighted by Gasteiger charge is -2.11. The van der Waals surface area contributed by atoms with Crippen LogP contribution in [0.25, 0.3) is 11.1 Å². The lowest BCUT2D eigenvalue weighted by Crippen LogP contribution is -2.22. The molecular formula is C17H18O4. The Morgan fingerprint density at radius 2 is 1.86 bits per heavy atom. The summed E-state index contributed by atoms with van der Waals surface area (Å²) in [7, 11) is 1.67. The molecule has 0 aliphatic rings. The number of hydrogen-bond donors (Lipinski definition) is 1. The minimum atomic E-state index is -0.980. The van der Waals surface area contributed by atoms with Crippen LogP contribution in [0.5, 0.6) is 5.75 Å². The third kappa shape index (κ3) is 4.07. The molecule has 0 spiro atoms. The Bertz CT molecular complexity index is 604. The summed E-state index contributed by atoms with van der Waals surface area (Å²) in [5.74, 6) is -0.437. The van der Waals surface area contributed by atoms with Crippen molar-refractivity contribution in [1.82, 2.24) is 0 Å². The molecule has 0 unspecified atom stereocenters. The average molecular weight is 286 g/mol. The first-order valence-electron chi connectivity index (χ1n) is 6.68. The van der Waals surface area contributed by atoms with Gasteiger partial charge < -0.3 is 14.6 Å². The normalized spacial score (nSPS) is 11.9. The second-order valence-corrected chi connectivity index (χ2v) is 4.76. The lowest BCUT2D eigenvalue weighted by molar-refractivity contribution is -0.144. The number of benzene rings is 2. The number of ether oxygens (including phenoxy) is 2. The van der Waals surface area contributed by atoms with E-state index in [-0.39, 0.29) is 0 Å². The first-order valence-corrected chi connectivity index (χ1v) is 6.68. The van der Waals surface area contributed by atoms with Crippen LogP contribution in [0.4, 0.5) is 0 Å². The largest absolute Gasteiger partial charge is 0.479 e. The summed E-state index contributed by atoms with van der Waals surface area (Å²) in [6.07, 6.45) is -0.860. The van der Waals surface area contributed by atoms with Gasteiger partial charge in [0.1, 0.15) is 5.75 Å². The van der Waals surface area contributed by atoms with Gasteiger partial charge in [-0.05, 0) is 41.8 Å². The molecule has 0 aromatic heterocycles. The van der Waals surface area contributed by atoms with Crippen LogP contribution in [0.1, 0.15) is 12.5 Å². The summed E-state index contributed by atoms with van der Waals surface area (Å²) in [5.41, 5.74) is 3.24. The Labute approximate surface area is 123 Å². The fourth-order valence-electron chi connectivity index (χ4n) is 1.99. The molecule has 0 bridgehead atoms. The Morgan fingerprint density at radius 3 is 2.48 bits per heavy atom. The smallest absolute Gasteiger partial charge is 0.344 e. The van der Waals surface area contributed by atoms with Crippen LogP contribution in [-0.2, 0) is 16.1 Å². The van der Waals surface area contributed by atoms with Gasteiger partial charge in [-0.25, -0.2) is 4.79 Å². The first kappa shape index (κ1) is 15.1. The van der Waals surface area contributed by atoms with Crippen LogP contribution in [0.15, 0.2) is 48.5 Å². The molecule has 0 aliphatic carbocycles. The van der Waals surface area contributed by atoms with Crippen molar-refractivity contribution >= 4 is 5.97 Å². The van der Waals surface area contributed by atoms with E-state index in [0.717, 1.165) is 16.7 Å². The zero-order chi connectivity index (χ0) is 15.2. The SMILES string of the molecule is COCc1cccc(-c2ccc(O[C@@H](C)C(=O)O)cc2)c1. The maximum absolute atomic E-state index is 10.8. The summed E-state index contributed by atoms with van der Waals surface area (Å²) >= 11 is 0. The van der Waals surface area contributed by atoms with E-state index in [2.05, 4.69) is 6.07 Å². The Morgan fingerprint density at radius 1 is 1.14 bits per heavy atom. The average Bonchev–Trinajstić information content (AvgIpc) is 2.48. The van der Waals surface area contributed by atoms with E-state index >= 15 is 0 Å². The molecule has 1 N–H and O–H groups in total. The van der Waals surface area contributed by atoms with Crippen molar-refractivity contribution in [2.45, 2.75) is 19.6 Å². The predicted octanol–water partition coefficient (Wildman–Crippen LogP) is 3.35. The van der Waals surface area contributed by atoms with E-state index in [1.807, 2.05) is 30.3 Å². The molecule has 0 fully saturated rings. The van der Waals surface area contributed by atoms with E-state index in [1.165, 1.54) is 6.92 Å². The van der Waals surface area contributed by atoms with Gasteiger partial charge in [0.2, 0.25) is 0 Å². The minimum absolute atomic E-state index is 0.543. The fourth-order valence-corrected chi connectivity index (χ4v) is 1.99. The standard InChI is InChI=1S/C17H18O4/c1-12(17(18)19)21-16-8-6-14(7-9-16)15-5-3-4-13(10-15)11-20-2/h3-10,12H,11H2,1-2H3,(H,18,19)/t12-/m0/s1. The fraction of sp³-hybridized carbons (Fsp3) is 0.235. The molecule has 21 heavy (non-hydrogen) atoms. The van der Waals surface area contributed by atoms with Gasteiger partial charge in [-0.2, -0.15) is 0 Å². The molecule has 110 valence electrons. The highest BCUT2D eigenvalue weighted by atomic mass is 16.5. The number of carboxylic acid groups (broad SMARTS) is 1. The van der Waals surface area contributed by atoms with Crippen LogP contribution < -0.4 is 4.74 Å². The van der Waals surface area contributed by atoms with Crippen molar-refractivity contribution in [3.05, 3.63) is 54.1 Å². The van der Waals surface area contributed by atoms with Gasteiger partial charge in [0, 0.05) is 7.11 Å². The maximum atomic E-state index is 10.8. The van der Waals surface area contributed by atoms with E-state index in [9.17, 15) is 4.79 Å². The molecule has 0 amide bonds. The Balaban J connectivity index is 2.15. The summed E-state index contributed by atoms with van der Waals surface area (Å²) in [4.78, 5) is 10.8. The Kier molecular flexibility index (Phi) is 4.95. The minimum Gasteiger partial charge on any atom is -0.479 e. The summed E-state index contributed by atoms with van der Waals surface area (Å²) < 4.78 is 10.4. The molecule has 4 heteroatoms. The third-order valence-corrected chi connectivity index (χ3v) is 3.09. The molecular weight excluding hydrogens is 268 g/mol. The molecule has 2 aromatic rings. The van der Waals surface area contributed by atoms with Gasteiger partial charge in [-0.15, -0.1) is 0 Å². The number of carbonyl (C=O) groups is 1. The highest BCUT2D eigenvalue weighted by Gasteiger charge is 2.12. The van der Waals surface area contributed by atoms with Gasteiger partial charge in [0.15, 0.2) is 6.10 Å². The van der Waals surface area contributed by atoms with Gasteiger partial charge in [-0.3, -0.25) is 0 Å². The van der Waals surface area contributed by atoms with E-state index in [0.29, 0.717) is 12.4 Å². The van der Waals surface area contributed by atoms with Crippen molar-refractivity contribution in [2.24, 2.45) is 0 Å². The van der Waals surface area contributed by atoms with Gasteiger partial charge >= 0.3 is 5.97 Å². The van der Waals surface area contributed by atoms with Crippen LogP contribution in [0, 0.1) is 0 Å². The van der Waals surface area contributed by atoms with Crippen molar-refractivity contribution in [3.63, 3.8) is 0 Å². The van der Waals surface area contributed by atoms with Crippen LogP contribution in [-0.4, -0.2) is 24.3 Å². The summed E-state index contributed by atoms with van der Waals surface area (Å²) in [5, 5.41) is 8.82. The maximum Gasteiger partial charge on any atom is 0.344 e. The van der Waals surface area contributed by atoms with Crippen molar-refractivity contribution in [1.29, 1.82) is 0 Å². The third-order valence-electron chi connectivity index (χ3n) is 3.09. The first-order chi connectivity index (χ1) is 10.1. The summed E-state index contributed by atoms with van der Waals surface area (Å²) in [6, 6.07) is 15.5. The van der Waals surface area contributed by atoms with Crippen molar-refractivity contribution < 1.29 is 19.4 Å². The number of rotatable bonds is 6. The van der Waals surface area contributed by atoms with Crippen molar-refractivity contribution in [3.8, 4) is 16.9 Å². The molecule has 2 rings (SSSR count). The predicted molar refractivity (Wildman–Crippen MR) is 80.3 cm³/mol. The molecule has 1 atom stereocenters. The monoisotopic (exact) mass is 286 g/mol. The van der Waals surface area contributed by atoms with Crippen LogP contribution in [0.3, 0.4) is 0 Å². The van der Waals surface area contributed by atoms with E-state index < -0.39 is 12.1 Å². The number of methoxy groups -OCH3 is 1. The second kappa shape index (κ2) is 6.90.